The van der Waals surface area contributed by atoms with Crippen LogP contribution in [0.2, 0.25) is 0 Å². The zero-order valence-electron chi connectivity index (χ0n) is 15.9. The molecule has 1 aliphatic rings. The number of hydrogen-bond acceptors (Lipinski definition) is 4. The lowest BCUT2D eigenvalue weighted by atomic mass is 10.1. The monoisotopic (exact) mass is 392 g/mol. The normalized spacial score (nSPS) is 15.4. The molecule has 1 atom stereocenters. The molecule has 1 N–H and O–H groups in total. The molecule has 0 radical (unpaired) electrons. The molecular weight excluding hydrogens is 368 g/mol. The third-order valence-corrected chi connectivity index (χ3v) is 6.01. The van der Waals surface area contributed by atoms with E-state index >= 15 is 0 Å². The average molecular weight is 393 g/mol. The third-order valence-electron chi connectivity index (χ3n) is 4.91. The van der Waals surface area contributed by atoms with Gasteiger partial charge in [-0.1, -0.05) is 30.3 Å². The predicted molar refractivity (Wildman–Crippen MR) is 117 cm³/mol. The number of morpholine rings is 1. The highest BCUT2D eigenvalue weighted by Gasteiger charge is 2.16. The number of nitrogens with one attached hydrogen (secondary N) is 1. The summed E-state index contributed by atoms with van der Waals surface area (Å²) in [6, 6.07) is 22.6. The zero-order valence-corrected chi connectivity index (χ0v) is 16.7. The smallest absolute Gasteiger partial charge is 0.237 e. The molecule has 0 spiro atoms. The summed E-state index contributed by atoms with van der Waals surface area (Å²) in [5.41, 5.74) is 1.99. The van der Waals surface area contributed by atoms with Crippen LogP contribution in [0.15, 0.2) is 71.6 Å². The van der Waals surface area contributed by atoms with E-state index in [1.54, 1.807) is 11.8 Å². The summed E-state index contributed by atoms with van der Waals surface area (Å²) in [7, 11) is 0. The summed E-state index contributed by atoms with van der Waals surface area (Å²) < 4.78 is 5.40. The van der Waals surface area contributed by atoms with E-state index in [4.69, 9.17) is 4.74 Å². The molecule has 1 heterocycles. The Hall–Kier alpha value is -2.50. The first kappa shape index (κ1) is 18.8. The van der Waals surface area contributed by atoms with Crippen molar-refractivity contribution >= 4 is 39.8 Å². The van der Waals surface area contributed by atoms with Crippen LogP contribution in [-0.4, -0.2) is 37.5 Å². The summed E-state index contributed by atoms with van der Waals surface area (Å²) in [5.74, 6) is 0.0114. The van der Waals surface area contributed by atoms with Crippen LogP contribution in [-0.2, 0) is 9.53 Å². The van der Waals surface area contributed by atoms with Crippen LogP contribution in [0, 0.1) is 0 Å². The number of benzene rings is 3. The Balaban J connectivity index is 1.36. The van der Waals surface area contributed by atoms with Crippen LogP contribution in [0.1, 0.15) is 6.92 Å². The molecule has 1 amide bonds. The van der Waals surface area contributed by atoms with E-state index in [9.17, 15) is 4.79 Å². The molecular formula is C23H24N2O2S. The van der Waals surface area contributed by atoms with Gasteiger partial charge in [0.2, 0.25) is 5.91 Å². The number of anilines is 2. The minimum atomic E-state index is -0.180. The molecule has 4 rings (SSSR count). The Morgan fingerprint density at radius 1 is 1.00 bits per heavy atom. The first-order valence-electron chi connectivity index (χ1n) is 9.58. The molecule has 0 aliphatic carbocycles. The zero-order chi connectivity index (χ0) is 19.3. The van der Waals surface area contributed by atoms with Gasteiger partial charge in [-0.05, 0) is 54.1 Å². The van der Waals surface area contributed by atoms with Gasteiger partial charge in [-0.15, -0.1) is 11.8 Å². The Bertz CT molecular complexity index is 952. The standard InChI is InChI=1S/C23H24N2O2S/c1-17(28-22-11-6-18-4-2-3-5-19(18)16-22)23(26)24-20-7-9-21(10-8-20)25-12-14-27-15-13-25/h2-11,16-17H,12-15H2,1H3,(H,24,26)/t17-/m0/s1. The minimum Gasteiger partial charge on any atom is -0.378 e. The molecule has 3 aromatic carbocycles. The molecule has 28 heavy (non-hydrogen) atoms. The van der Waals surface area contributed by atoms with E-state index < -0.39 is 0 Å². The Morgan fingerprint density at radius 2 is 1.71 bits per heavy atom. The number of nitrogens with zero attached hydrogens (tertiary/aromatic N) is 1. The van der Waals surface area contributed by atoms with E-state index in [0.29, 0.717) is 0 Å². The van der Waals surface area contributed by atoms with E-state index in [2.05, 4.69) is 52.7 Å². The SMILES string of the molecule is C[C@H](Sc1ccc2ccccc2c1)C(=O)Nc1ccc(N2CCOCC2)cc1. The van der Waals surface area contributed by atoms with Crippen molar-refractivity contribution in [3.05, 3.63) is 66.7 Å². The topological polar surface area (TPSA) is 41.6 Å². The van der Waals surface area contributed by atoms with Crippen LogP contribution in [0.25, 0.3) is 10.8 Å². The van der Waals surface area contributed by atoms with Crippen molar-refractivity contribution in [2.45, 2.75) is 17.1 Å². The molecule has 3 aromatic rings. The number of ether oxygens (including phenoxy) is 1. The summed E-state index contributed by atoms with van der Waals surface area (Å²) >= 11 is 1.58. The van der Waals surface area contributed by atoms with Crippen molar-refractivity contribution in [3.63, 3.8) is 0 Å². The molecule has 5 heteroatoms. The maximum absolute atomic E-state index is 12.6. The fourth-order valence-corrected chi connectivity index (χ4v) is 4.24. The number of carbonyl (C=O) groups is 1. The second kappa shape index (κ2) is 8.67. The largest absolute Gasteiger partial charge is 0.378 e. The number of thioether (sulfide) groups is 1. The summed E-state index contributed by atoms with van der Waals surface area (Å²) in [6.45, 7) is 5.29. The number of fused-ring (bicyclic) bond motifs is 1. The van der Waals surface area contributed by atoms with Crippen molar-refractivity contribution < 1.29 is 9.53 Å². The molecule has 0 saturated carbocycles. The van der Waals surface area contributed by atoms with Gasteiger partial charge in [-0.2, -0.15) is 0 Å². The highest BCUT2D eigenvalue weighted by molar-refractivity contribution is 8.00. The van der Waals surface area contributed by atoms with Gasteiger partial charge in [0.25, 0.3) is 0 Å². The van der Waals surface area contributed by atoms with Gasteiger partial charge < -0.3 is 15.0 Å². The first-order valence-corrected chi connectivity index (χ1v) is 10.5. The van der Waals surface area contributed by atoms with Gasteiger partial charge in [-0.25, -0.2) is 0 Å². The molecule has 0 unspecified atom stereocenters. The second-order valence-corrected chi connectivity index (χ2v) is 8.32. The summed E-state index contributed by atoms with van der Waals surface area (Å²) in [5, 5.41) is 5.25. The molecule has 1 fully saturated rings. The molecule has 1 aliphatic heterocycles. The third kappa shape index (κ3) is 4.49. The molecule has 144 valence electrons. The van der Waals surface area contributed by atoms with Gasteiger partial charge in [0.1, 0.15) is 0 Å². The van der Waals surface area contributed by atoms with Gasteiger partial charge in [0.05, 0.1) is 18.5 Å². The van der Waals surface area contributed by atoms with Gasteiger partial charge >= 0.3 is 0 Å². The average Bonchev–Trinajstić information content (AvgIpc) is 2.75. The Morgan fingerprint density at radius 3 is 2.46 bits per heavy atom. The number of amides is 1. The van der Waals surface area contributed by atoms with Crippen LogP contribution < -0.4 is 10.2 Å². The Labute approximate surface area is 169 Å². The number of rotatable bonds is 5. The molecule has 0 bridgehead atoms. The first-order chi connectivity index (χ1) is 13.7. The van der Waals surface area contributed by atoms with Crippen LogP contribution in [0.5, 0.6) is 0 Å². The van der Waals surface area contributed by atoms with E-state index in [0.717, 1.165) is 36.9 Å². The van der Waals surface area contributed by atoms with Crippen molar-refractivity contribution in [2.24, 2.45) is 0 Å². The van der Waals surface area contributed by atoms with Crippen LogP contribution in [0.4, 0.5) is 11.4 Å². The fourth-order valence-electron chi connectivity index (χ4n) is 3.32. The summed E-state index contributed by atoms with van der Waals surface area (Å²) in [4.78, 5) is 16.0. The van der Waals surface area contributed by atoms with Crippen molar-refractivity contribution in [1.82, 2.24) is 0 Å². The number of hydrogen-bond donors (Lipinski definition) is 1. The maximum Gasteiger partial charge on any atom is 0.237 e. The van der Waals surface area contributed by atoms with Gasteiger partial charge in [0.15, 0.2) is 0 Å². The molecule has 1 saturated heterocycles. The van der Waals surface area contributed by atoms with Crippen molar-refractivity contribution in [1.29, 1.82) is 0 Å². The highest BCUT2D eigenvalue weighted by atomic mass is 32.2. The lowest BCUT2D eigenvalue weighted by Crippen LogP contribution is -2.36. The van der Waals surface area contributed by atoms with Gasteiger partial charge in [-0.3, -0.25) is 4.79 Å². The summed E-state index contributed by atoms with van der Waals surface area (Å²) in [6.07, 6.45) is 0. The van der Waals surface area contributed by atoms with Crippen molar-refractivity contribution in [2.75, 3.05) is 36.5 Å². The molecule has 0 aromatic heterocycles. The minimum absolute atomic E-state index is 0.0114. The Kier molecular flexibility index (Phi) is 5.84. The lowest BCUT2D eigenvalue weighted by molar-refractivity contribution is -0.115. The number of carbonyl (C=O) groups excluding carboxylic acids is 1. The second-order valence-electron chi connectivity index (χ2n) is 6.90. The van der Waals surface area contributed by atoms with E-state index in [1.165, 1.54) is 16.5 Å². The van der Waals surface area contributed by atoms with Crippen molar-refractivity contribution in [3.8, 4) is 0 Å². The lowest BCUT2D eigenvalue weighted by Gasteiger charge is -2.28. The predicted octanol–water partition coefficient (Wildman–Crippen LogP) is 4.80. The van der Waals surface area contributed by atoms with Crippen LogP contribution in [0.3, 0.4) is 0 Å². The quantitative estimate of drug-likeness (QED) is 0.634. The van der Waals surface area contributed by atoms with Gasteiger partial charge in [0, 0.05) is 29.4 Å². The van der Waals surface area contributed by atoms with E-state index in [-0.39, 0.29) is 11.2 Å². The molecule has 4 nitrogen and oxygen atoms in total. The maximum atomic E-state index is 12.6. The fraction of sp³-hybridized carbons (Fsp3) is 0.261. The van der Waals surface area contributed by atoms with E-state index in [1.807, 2.05) is 31.2 Å². The highest BCUT2D eigenvalue weighted by Crippen LogP contribution is 2.28. The van der Waals surface area contributed by atoms with Crippen LogP contribution >= 0.6 is 11.8 Å².